The minimum absolute atomic E-state index is 0.0443. The summed E-state index contributed by atoms with van der Waals surface area (Å²) in [7, 11) is 0. The second-order valence-corrected chi connectivity index (χ2v) is 4.98. The maximum absolute atomic E-state index is 5.92. The van der Waals surface area contributed by atoms with E-state index in [4.69, 9.17) is 23.2 Å². The van der Waals surface area contributed by atoms with Crippen LogP contribution in [0.15, 0.2) is 54.6 Å². The van der Waals surface area contributed by atoms with Gasteiger partial charge in [-0.2, -0.15) is 4.98 Å². The molecule has 4 nitrogen and oxygen atoms in total. The lowest BCUT2D eigenvalue weighted by Crippen LogP contribution is -1.98. The summed E-state index contributed by atoms with van der Waals surface area (Å²) >= 11 is 11.6. The number of benzene rings is 2. The average molecular weight is 317 g/mol. The normalized spacial score (nSPS) is 10.4. The Kier molecular flexibility index (Phi) is 3.99. The van der Waals surface area contributed by atoms with Gasteiger partial charge in [-0.1, -0.05) is 54.1 Å². The second-order valence-electron chi connectivity index (χ2n) is 4.29. The van der Waals surface area contributed by atoms with E-state index < -0.39 is 0 Å². The first kappa shape index (κ1) is 13.8. The van der Waals surface area contributed by atoms with E-state index in [2.05, 4.69) is 32.6 Å². The molecule has 0 spiro atoms. The van der Waals surface area contributed by atoms with Crippen LogP contribution < -0.4 is 5.32 Å². The number of aromatic nitrogens is 3. The molecule has 0 amide bonds. The molecule has 6 heteroatoms. The van der Waals surface area contributed by atoms with Crippen molar-refractivity contribution in [3.05, 3.63) is 65.0 Å². The fourth-order valence-electron chi connectivity index (χ4n) is 1.89. The topological polar surface area (TPSA) is 50.7 Å². The molecular weight excluding hydrogens is 307 g/mol. The lowest BCUT2D eigenvalue weighted by molar-refractivity contribution is 0.975. The van der Waals surface area contributed by atoms with Crippen LogP contribution in [0.5, 0.6) is 0 Å². The van der Waals surface area contributed by atoms with Gasteiger partial charge >= 0.3 is 0 Å². The maximum Gasteiger partial charge on any atom is 0.245 e. The lowest BCUT2D eigenvalue weighted by atomic mass is 10.1. The maximum atomic E-state index is 5.92. The van der Waals surface area contributed by atoms with Gasteiger partial charge in [-0.3, -0.25) is 0 Å². The molecule has 0 atom stereocenters. The van der Waals surface area contributed by atoms with Gasteiger partial charge in [0.05, 0.1) is 0 Å². The van der Waals surface area contributed by atoms with Gasteiger partial charge in [-0.25, -0.2) is 0 Å². The van der Waals surface area contributed by atoms with Crippen molar-refractivity contribution in [1.82, 2.24) is 15.2 Å². The quantitative estimate of drug-likeness (QED) is 0.767. The Bertz CT molecular complexity index is 745. The van der Waals surface area contributed by atoms with Crippen LogP contribution in [0.2, 0.25) is 10.4 Å². The molecule has 0 aliphatic heterocycles. The van der Waals surface area contributed by atoms with E-state index >= 15 is 0 Å². The number of hydrogen-bond donors (Lipinski definition) is 1. The summed E-state index contributed by atoms with van der Waals surface area (Å²) in [5, 5.41) is 10.5. The molecule has 0 radical (unpaired) electrons. The number of rotatable bonds is 3. The predicted octanol–water partition coefficient (Wildman–Crippen LogP) is 4.59. The van der Waals surface area contributed by atoms with E-state index in [1.165, 1.54) is 0 Å². The van der Waals surface area contributed by atoms with Crippen LogP contribution in [0.1, 0.15) is 0 Å². The third kappa shape index (κ3) is 3.29. The largest absolute Gasteiger partial charge is 0.338 e. The van der Waals surface area contributed by atoms with Gasteiger partial charge < -0.3 is 5.32 Å². The van der Waals surface area contributed by atoms with Crippen LogP contribution in [0.4, 0.5) is 11.5 Å². The highest BCUT2D eigenvalue weighted by atomic mass is 35.5. The number of hydrogen-bond acceptors (Lipinski definition) is 4. The van der Waals surface area contributed by atoms with Crippen molar-refractivity contribution in [2.45, 2.75) is 0 Å². The summed E-state index contributed by atoms with van der Waals surface area (Å²) in [5.74, 6) is 0.379. The van der Waals surface area contributed by atoms with Crippen LogP contribution in [0.3, 0.4) is 0 Å². The van der Waals surface area contributed by atoms with Gasteiger partial charge in [0.25, 0.3) is 0 Å². The minimum Gasteiger partial charge on any atom is -0.338 e. The summed E-state index contributed by atoms with van der Waals surface area (Å²) in [6.45, 7) is 0. The molecule has 21 heavy (non-hydrogen) atoms. The molecule has 1 aromatic heterocycles. The smallest absolute Gasteiger partial charge is 0.245 e. The van der Waals surface area contributed by atoms with Gasteiger partial charge in [-0.15, -0.1) is 10.2 Å². The molecule has 3 aromatic rings. The Balaban J connectivity index is 1.83. The monoisotopic (exact) mass is 316 g/mol. The van der Waals surface area contributed by atoms with Crippen molar-refractivity contribution < 1.29 is 0 Å². The van der Waals surface area contributed by atoms with Crippen LogP contribution in [0, 0.1) is 0 Å². The Labute approximate surface area is 131 Å². The van der Waals surface area contributed by atoms with Crippen LogP contribution in [0.25, 0.3) is 11.1 Å². The number of nitrogens with one attached hydrogen (secondary N) is 1. The molecule has 0 saturated heterocycles. The SMILES string of the molecule is Clc1nnc(Cl)c(Nc2ccc(-c3ccccc3)cc2)n1. The Morgan fingerprint density at radius 1 is 0.762 bits per heavy atom. The highest BCUT2D eigenvalue weighted by Gasteiger charge is 2.06. The van der Waals surface area contributed by atoms with Crippen molar-refractivity contribution in [3.8, 4) is 11.1 Å². The molecule has 104 valence electrons. The highest BCUT2D eigenvalue weighted by Crippen LogP contribution is 2.25. The summed E-state index contributed by atoms with van der Waals surface area (Å²) < 4.78 is 0. The van der Waals surface area contributed by atoms with E-state index in [0.29, 0.717) is 5.82 Å². The van der Waals surface area contributed by atoms with Crippen molar-refractivity contribution in [2.24, 2.45) is 0 Å². The number of halogens is 2. The average Bonchev–Trinajstić information content (AvgIpc) is 2.53. The van der Waals surface area contributed by atoms with E-state index in [9.17, 15) is 0 Å². The summed E-state index contributed by atoms with van der Waals surface area (Å²) in [6, 6.07) is 18.0. The van der Waals surface area contributed by atoms with Crippen LogP contribution in [-0.2, 0) is 0 Å². The first-order valence-corrected chi connectivity index (χ1v) is 6.96. The molecule has 0 unspecified atom stereocenters. The molecule has 0 saturated carbocycles. The van der Waals surface area contributed by atoms with Crippen molar-refractivity contribution >= 4 is 34.7 Å². The molecule has 0 aliphatic carbocycles. The van der Waals surface area contributed by atoms with E-state index in [-0.39, 0.29) is 10.4 Å². The molecule has 1 heterocycles. The van der Waals surface area contributed by atoms with Gasteiger partial charge in [-0.05, 0) is 34.9 Å². The van der Waals surface area contributed by atoms with Gasteiger partial charge in [0.2, 0.25) is 5.28 Å². The minimum atomic E-state index is 0.0443. The fourth-order valence-corrected chi connectivity index (χ4v) is 2.14. The second kappa shape index (κ2) is 6.08. The Morgan fingerprint density at radius 3 is 2.14 bits per heavy atom. The van der Waals surface area contributed by atoms with Gasteiger partial charge in [0.15, 0.2) is 11.0 Å². The molecule has 0 bridgehead atoms. The number of anilines is 2. The first-order chi connectivity index (χ1) is 10.2. The Morgan fingerprint density at radius 2 is 1.43 bits per heavy atom. The van der Waals surface area contributed by atoms with Gasteiger partial charge in [0, 0.05) is 5.69 Å². The van der Waals surface area contributed by atoms with Crippen LogP contribution >= 0.6 is 23.2 Å². The standard InChI is InChI=1S/C15H10Cl2N4/c16-13-14(19-15(17)21-20-13)18-12-8-6-11(7-9-12)10-4-2-1-3-5-10/h1-9H,(H,18,19,21). The summed E-state index contributed by atoms with van der Waals surface area (Å²) in [5.41, 5.74) is 3.13. The molecule has 1 N–H and O–H groups in total. The molecule has 3 rings (SSSR count). The van der Waals surface area contributed by atoms with Crippen molar-refractivity contribution in [2.75, 3.05) is 5.32 Å². The molecule has 0 fully saturated rings. The highest BCUT2D eigenvalue weighted by molar-refractivity contribution is 6.32. The summed E-state index contributed by atoms with van der Waals surface area (Å²) in [6.07, 6.45) is 0. The van der Waals surface area contributed by atoms with E-state index in [1.807, 2.05) is 42.5 Å². The molecule has 2 aromatic carbocycles. The van der Waals surface area contributed by atoms with Crippen molar-refractivity contribution in [3.63, 3.8) is 0 Å². The van der Waals surface area contributed by atoms with E-state index in [1.54, 1.807) is 0 Å². The third-order valence-electron chi connectivity index (χ3n) is 2.87. The Hall–Kier alpha value is -2.17. The fraction of sp³-hybridized carbons (Fsp3) is 0. The zero-order chi connectivity index (χ0) is 14.7. The summed E-state index contributed by atoms with van der Waals surface area (Å²) in [4.78, 5) is 4.00. The van der Waals surface area contributed by atoms with Gasteiger partial charge in [0.1, 0.15) is 0 Å². The zero-order valence-corrected chi connectivity index (χ0v) is 12.3. The zero-order valence-electron chi connectivity index (χ0n) is 10.8. The first-order valence-electron chi connectivity index (χ1n) is 6.20. The van der Waals surface area contributed by atoms with Crippen molar-refractivity contribution in [1.29, 1.82) is 0 Å². The molecular formula is C15H10Cl2N4. The third-order valence-corrected chi connectivity index (χ3v) is 3.29. The lowest BCUT2D eigenvalue weighted by Gasteiger charge is -2.07. The van der Waals surface area contributed by atoms with Crippen LogP contribution in [-0.4, -0.2) is 15.2 Å². The molecule has 0 aliphatic rings. The number of nitrogens with zero attached hydrogens (tertiary/aromatic N) is 3. The van der Waals surface area contributed by atoms with E-state index in [0.717, 1.165) is 16.8 Å². The predicted molar refractivity (Wildman–Crippen MR) is 85.0 cm³/mol.